The lowest BCUT2D eigenvalue weighted by atomic mass is 10.2. The van der Waals surface area contributed by atoms with Crippen molar-refractivity contribution in [2.75, 3.05) is 6.54 Å². The van der Waals surface area contributed by atoms with Crippen LogP contribution in [0.5, 0.6) is 0 Å². The number of hydrogen-bond acceptors (Lipinski definition) is 2. The number of aryl methyl sites for hydroxylation is 2. The first-order valence-corrected chi connectivity index (χ1v) is 4.53. The molecule has 0 radical (unpaired) electrons. The number of nitrogens with zero attached hydrogens (tertiary/aromatic N) is 2. The van der Waals surface area contributed by atoms with E-state index in [1.165, 1.54) is 12.8 Å². The van der Waals surface area contributed by atoms with Gasteiger partial charge in [0.05, 0.1) is 5.69 Å². The number of unbranched alkanes of at least 4 members (excludes halogenated alkanes) is 2. The van der Waals surface area contributed by atoms with E-state index in [1.807, 2.05) is 23.9 Å². The minimum absolute atomic E-state index is 0.804. The van der Waals surface area contributed by atoms with Gasteiger partial charge in [-0.1, -0.05) is 6.42 Å². The van der Waals surface area contributed by atoms with Gasteiger partial charge in [0.25, 0.3) is 0 Å². The van der Waals surface area contributed by atoms with Crippen LogP contribution in [0.1, 0.15) is 25.0 Å². The van der Waals surface area contributed by atoms with E-state index < -0.39 is 0 Å². The van der Waals surface area contributed by atoms with E-state index in [-0.39, 0.29) is 0 Å². The molecule has 1 aromatic heterocycles. The summed E-state index contributed by atoms with van der Waals surface area (Å²) in [5.74, 6) is 0. The van der Waals surface area contributed by atoms with E-state index >= 15 is 0 Å². The molecule has 2 N–H and O–H groups in total. The molecule has 3 nitrogen and oxygen atoms in total. The second-order valence-corrected chi connectivity index (χ2v) is 3.07. The normalized spacial score (nSPS) is 10.5. The van der Waals surface area contributed by atoms with Gasteiger partial charge in [-0.15, -0.1) is 0 Å². The first kappa shape index (κ1) is 9.26. The number of rotatable bonds is 5. The molecular weight excluding hydrogens is 150 g/mol. The van der Waals surface area contributed by atoms with Crippen molar-refractivity contribution < 1.29 is 0 Å². The molecule has 0 unspecified atom stereocenters. The van der Waals surface area contributed by atoms with Crippen LogP contribution in [0.15, 0.2) is 12.3 Å². The Morgan fingerprint density at radius 1 is 1.42 bits per heavy atom. The maximum atomic E-state index is 5.39. The van der Waals surface area contributed by atoms with Crippen LogP contribution in [0.2, 0.25) is 0 Å². The summed E-state index contributed by atoms with van der Waals surface area (Å²) in [6.07, 6.45) is 5.53. The van der Waals surface area contributed by atoms with E-state index in [4.69, 9.17) is 5.73 Å². The Morgan fingerprint density at radius 2 is 2.25 bits per heavy atom. The van der Waals surface area contributed by atoms with Crippen molar-refractivity contribution in [3.63, 3.8) is 0 Å². The lowest BCUT2D eigenvalue weighted by Crippen LogP contribution is -2.01. The van der Waals surface area contributed by atoms with E-state index in [0.717, 1.165) is 25.2 Å². The zero-order valence-corrected chi connectivity index (χ0v) is 7.66. The molecule has 1 aromatic rings. The smallest absolute Gasteiger partial charge is 0.0593 e. The monoisotopic (exact) mass is 167 g/mol. The molecular formula is C9H17N3. The number of hydrogen-bond donors (Lipinski definition) is 1. The topological polar surface area (TPSA) is 43.8 Å². The molecule has 0 aliphatic carbocycles. The predicted molar refractivity (Wildman–Crippen MR) is 49.9 cm³/mol. The fourth-order valence-electron chi connectivity index (χ4n) is 1.18. The summed E-state index contributed by atoms with van der Waals surface area (Å²) in [6, 6.07) is 2.03. The highest BCUT2D eigenvalue weighted by atomic mass is 15.3. The van der Waals surface area contributed by atoms with E-state index in [9.17, 15) is 0 Å². The van der Waals surface area contributed by atoms with Crippen LogP contribution >= 0.6 is 0 Å². The van der Waals surface area contributed by atoms with Crippen LogP contribution in [0.3, 0.4) is 0 Å². The first-order valence-electron chi connectivity index (χ1n) is 4.53. The molecule has 1 heterocycles. The summed E-state index contributed by atoms with van der Waals surface area (Å²) in [5, 5.41) is 4.29. The van der Waals surface area contributed by atoms with Crippen LogP contribution < -0.4 is 5.73 Å². The highest BCUT2D eigenvalue weighted by Gasteiger charge is 1.92. The van der Waals surface area contributed by atoms with Crippen molar-refractivity contribution in [1.82, 2.24) is 9.78 Å². The van der Waals surface area contributed by atoms with Crippen LogP contribution in [-0.2, 0) is 6.54 Å². The molecule has 0 bridgehead atoms. The molecule has 0 saturated carbocycles. The third kappa shape index (κ3) is 3.05. The van der Waals surface area contributed by atoms with Gasteiger partial charge >= 0.3 is 0 Å². The van der Waals surface area contributed by atoms with Crippen molar-refractivity contribution in [2.45, 2.75) is 32.7 Å². The maximum absolute atomic E-state index is 5.39. The average molecular weight is 167 g/mol. The molecule has 0 amide bonds. The van der Waals surface area contributed by atoms with Gasteiger partial charge in [0, 0.05) is 12.7 Å². The third-order valence-electron chi connectivity index (χ3n) is 1.87. The van der Waals surface area contributed by atoms with Gasteiger partial charge in [0.1, 0.15) is 0 Å². The Balaban J connectivity index is 2.15. The fourth-order valence-corrected chi connectivity index (χ4v) is 1.18. The first-order chi connectivity index (χ1) is 5.83. The quantitative estimate of drug-likeness (QED) is 0.672. The van der Waals surface area contributed by atoms with Gasteiger partial charge < -0.3 is 5.73 Å². The highest BCUT2D eigenvalue weighted by molar-refractivity contribution is 4.94. The van der Waals surface area contributed by atoms with Crippen molar-refractivity contribution >= 4 is 0 Å². The zero-order chi connectivity index (χ0) is 8.81. The second-order valence-electron chi connectivity index (χ2n) is 3.07. The van der Waals surface area contributed by atoms with E-state index in [0.29, 0.717) is 0 Å². The molecule has 0 aromatic carbocycles. The van der Waals surface area contributed by atoms with Crippen LogP contribution in [0.25, 0.3) is 0 Å². The van der Waals surface area contributed by atoms with Crippen molar-refractivity contribution in [3.8, 4) is 0 Å². The Labute approximate surface area is 73.6 Å². The fraction of sp³-hybridized carbons (Fsp3) is 0.667. The summed E-state index contributed by atoms with van der Waals surface area (Å²) < 4.78 is 1.99. The molecule has 0 aliphatic rings. The molecule has 12 heavy (non-hydrogen) atoms. The van der Waals surface area contributed by atoms with Crippen molar-refractivity contribution in [1.29, 1.82) is 0 Å². The zero-order valence-electron chi connectivity index (χ0n) is 7.66. The Kier molecular flexibility index (Phi) is 3.80. The third-order valence-corrected chi connectivity index (χ3v) is 1.87. The molecule has 0 saturated heterocycles. The van der Waals surface area contributed by atoms with Crippen LogP contribution in [0, 0.1) is 6.92 Å². The number of nitrogens with two attached hydrogens (primary N) is 1. The molecule has 0 spiro atoms. The lowest BCUT2D eigenvalue weighted by molar-refractivity contribution is 0.544. The summed E-state index contributed by atoms with van der Waals surface area (Å²) in [5.41, 5.74) is 6.48. The molecule has 3 heteroatoms. The van der Waals surface area contributed by atoms with Gasteiger partial charge in [-0.05, 0) is 32.4 Å². The van der Waals surface area contributed by atoms with Gasteiger partial charge in [0.15, 0.2) is 0 Å². The van der Waals surface area contributed by atoms with Gasteiger partial charge in [-0.25, -0.2) is 0 Å². The second kappa shape index (κ2) is 4.93. The Bertz CT molecular complexity index is 217. The Hall–Kier alpha value is -0.830. The van der Waals surface area contributed by atoms with Gasteiger partial charge in [-0.2, -0.15) is 5.10 Å². The van der Waals surface area contributed by atoms with E-state index in [1.54, 1.807) is 0 Å². The van der Waals surface area contributed by atoms with Crippen LogP contribution in [-0.4, -0.2) is 16.3 Å². The average Bonchev–Trinajstić information content (AvgIpc) is 2.45. The molecule has 68 valence electrons. The molecule has 0 aliphatic heterocycles. The number of aromatic nitrogens is 2. The lowest BCUT2D eigenvalue weighted by Gasteiger charge is -1.99. The summed E-state index contributed by atoms with van der Waals surface area (Å²) >= 11 is 0. The summed E-state index contributed by atoms with van der Waals surface area (Å²) in [7, 11) is 0. The predicted octanol–water partition coefficient (Wildman–Crippen LogP) is 1.32. The van der Waals surface area contributed by atoms with Crippen molar-refractivity contribution in [3.05, 3.63) is 18.0 Å². The summed E-state index contributed by atoms with van der Waals surface area (Å²) in [4.78, 5) is 0. The molecule has 0 atom stereocenters. The standard InChI is InChI=1S/C9H17N3/c1-9-5-8-12(11-9)7-4-2-3-6-10/h5,8H,2-4,6-7,10H2,1H3. The molecule has 0 fully saturated rings. The minimum Gasteiger partial charge on any atom is -0.330 e. The van der Waals surface area contributed by atoms with Gasteiger partial charge in [0.2, 0.25) is 0 Å². The largest absolute Gasteiger partial charge is 0.330 e. The minimum atomic E-state index is 0.804. The maximum Gasteiger partial charge on any atom is 0.0593 e. The van der Waals surface area contributed by atoms with E-state index in [2.05, 4.69) is 5.10 Å². The van der Waals surface area contributed by atoms with Gasteiger partial charge in [-0.3, -0.25) is 4.68 Å². The highest BCUT2D eigenvalue weighted by Crippen LogP contribution is 1.98. The molecule has 1 rings (SSSR count). The van der Waals surface area contributed by atoms with Crippen LogP contribution in [0.4, 0.5) is 0 Å². The SMILES string of the molecule is Cc1ccn(CCCCCN)n1. The summed E-state index contributed by atoms with van der Waals surface area (Å²) in [6.45, 7) is 3.84. The Morgan fingerprint density at radius 3 is 2.83 bits per heavy atom. The van der Waals surface area contributed by atoms with Crippen molar-refractivity contribution in [2.24, 2.45) is 5.73 Å².